The van der Waals surface area contributed by atoms with Crippen molar-refractivity contribution in [1.29, 1.82) is 0 Å². The van der Waals surface area contributed by atoms with E-state index in [0.717, 1.165) is 49.3 Å². The van der Waals surface area contributed by atoms with Crippen LogP contribution in [0.4, 0.5) is 4.39 Å². The summed E-state index contributed by atoms with van der Waals surface area (Å²) in [6.07, 6.45) is 6.98. The average Bonchev–Trinajstić information content (AvgIpc) is 3.18. The molecule has 0 spiro atoms. The molecule has 2 heterocycles. The molecule has 5 nitrogen and oxygen atoms in total. The fraction of sp³-hybridized carbons (Fsp3) is 0.312. The molecule has 3 aromatic rings. The van der Waals surface area contributed by atoms with Gasteiger partial charge >= 0.3 is 0 Å². The van der Waals surface area contributed by atoms with Crippen LogP contribution in [-0.4, -0.2) is 24.7 Å². The van der Waals surface area contributed by atoms with Gasteiger partial charge in [-0.05, 0) is 49.2 Å². The first-order valence-corrected chi connectivity index (χ1v) is 7.99. The highest BCUT2D eigenvalue weighted by Crippen LogP contribution is 2.09. The molecule has 2 aromatic heterocycles. The molecule has 0 saturated carbocycles. The highest BCUT2D eigenvalue weighted by atomic mass is 32.1. The quantitative estimate of drug-likeness (QED) is 0.654. The Balaban J connectivity index is 1.59. The number of aromatic amines is 2. The smallest absolute Gasteiger partial charge is 0.195 e. The summed E-state index contributed by atoms with van der Waals surface area (Å²) in [5.41, 5.74) is 2.21. The number of rotatable bonds is 7. The standard InChI is InChI=1S/C16H18FN5S/c17-13-6-3-12(4-7-13)5-8-15-20-21-16(23)22(15)9-1-2-14-10-18-11-19-14/h3-4,6-7,10-11H,1-2,5,8-9H2,(H,18,19)(H,21,23). The van der Waals surface area contributed by atoms with E-state index in [1.165, 1.54) is 12.1 Å². The Morgan fingerprint density at radius 2 is 1.96 bits per heavy atom. The lowest BCUT2D eigenvalue weighted by Gasteiger charge is -2.06. The first-order valence-electron chi connectivity index (χ1n) is 7.58. The van der Waals surface area contributed by atoms with Gasteiger partial charge in [0.05, 0.1) is 6.33 Å². The summed E-state index contributed by atoms with van der Waals surface area (Å²) in [6.45, 7) is 0.813. The molecule has 3 rings (SSSR count). The first kappa shape index (κ1) is 15.6. The van der Waals surface area contributed by atoms with Crippen molar-refractivity contribution >= 4 is 12.2 Å². The fourth-order valence-electron chi connectivity index (χ4n) is 2.53. The lowest BCUT2D eigenvalue weighted by atomic mass is 10.1. The number of benzene rings is 1. The summed E-state index contributed by atoms with van der Waals surface area (Å²) in [6, 6.07) is 6.58. The van der Waals surface area contributed by atoms with Gasteiger partial charge in [0.25, 0.3) is 0 Å². The number of hydrogen-bond donors (Lipinski definition) is 2. The molecule has 23 heavy (non-hydrogen) atoms. The van der Waals surface area contributed by atoms with Gasteiger partial charge in [-0.25, -0.2) is 9.37 Å². The van der Waals surface area contributed by atoms with Crippen molar-refractivity contribution in [2.24, 2.45) is 0 Å². The second-order valence-electron chi connectivity index (χ2n) is 5.40. The van der Waals surface area contributed by atoms with Gasteiger partial charge in [0.15, 0.2) is 4.77 Å². The van der Waals surface area contributed by atoms with Gasteiger partial charge < -0.3 is 9.55 Å². The molecule has 0 aliphatic rings. The molecule has 120 valence electrons. The molecule has 1 aromatic carbocycles. The predicted octanol–water partition coefficient (Wildman–Crippen LogP) is 3.22. The minimum Gasteiger partial charge on any atom is -0.348 e. The summed E-state index contributed by atoms with van der Waals surface area (Å²) in [4.78, 5) is 7.11. The van der Waals surface area contributed by atoms with E-state index in [2.05, 4.69) is 20.2 Å². The Labute approximate surface area is 138 Å². The Morgan fingerprint density at radius 3 is 2.70 bits per heavy atom. The van der Waals surface area contributed by atoms with Crippen LogP contribution in [0.15, 0.2) is 36.8 Å². The molecule has 0 aliphatic carbocycles. The minimum absolute atomic E-state index is 0.213. The molecule has 0 bridgehead atoms. The maximum atomic E-state index is 12.9. The normalized spacial score (nSPS) is 11.0. The van der Waals surface area contributed by atoms with Crippen LogP contribution in [0.2, 0.25) is 0 Å². The number of nitrogens with one attached hydrogen (secondary N) is 2. The highest BCUT2D eigenvalue weighted by molar-refractivity contribution is 7.71. The van der Waals surface area contributed by atoms with Crippen LogP contribution in [0, 0.1) is 10.6 Å². The summed E-state index contributed by atoms with van der Waals surface area (Å²) in [7, 11) is 0. The largest absolute Gasteiger partial charge is 0.348 e. The van der Waals surface area contributed by atoms with Crippen molar-refractivity contribution in [2.45, 2.75) is 32.2 Å². The molecule has 0 unspecified atom stereocenters. The predicted molar refractivity (Wildman–Crippen MR) is 88.1 cm³/mol. The maximum absolute atomic E-state index is 12.9. The van der Waals surface area contributed by atoms with Crippen LogP contribution < -0.4 is 0 Å². The maximum Gasteiger partial charge on any atom is 0.195 e. The molecule has 0 fully saturated rings. The lowest BCUT2D eigenvalue weighted by molar-refractivity contribution is 0.598. The van der Waals surface area contributed by atoms with Gasteiger partial charge in [-0.15, -0.1) is 0 Å². The number of aryl methyl sites for hydroxylation is 3. The number of imidazole rings is 1. The number of aromatic nitrogens is 5. The van der Waals surface area contributed by atoms with E-state index in [4.69, 9.17) is 12.2 Å². The van der Waals surface area contributed by atoms with E-state index in [0.29, 0.717) is 4.77 Å². The molecule has 0 amide bonds. The third kappa shape index (κ3) is 4.13. The van der Waals surface area contributed by atoms with Crippen molar-refractivity contribution in [3.05, 3.63) is 64.5 Å². The van der Waals surface area contributed by atoms with Crippen molar-refractivity contribution in [3.63, 3.8) is 0 Å². The minimum atomic E-state index is -0.213. The van der Waals surface area contributed by atoms with E-state index in [1.807, 2.05) is 10.8 Å². The van der Waals surface area contributed by atoms with Crippen molar-refractivity contribution < 1.29 is 4.39 Å². The van der Waals surface area contributed by atoms with E-state index in [9.17, 15) is 4.39 Å². The third-order valence-corrected chi connectivity index (χ3v) is 4.08. The highest BCUT2D eigenvalue weighted by Gasteiger charge is 2.07. The Bertz CT molecular complexity index is 789. The number of hydrogen-bond acceptors (Lipinski definition) is 3. The topological polar surface area (TPSA) is 62.3 Å². The fourth-order valence-corrected chi connectivity index (χ4v) is 2.77. The summed E-state index contributed by atoms with van der Waals surface area (Å²) in [5.74, 6) is 0.721. The summed E-state index contributed by atoms with van der Waals surface area (Å²) >= 11 is 5.31. The monoisotopic (exact) mass is 331 g/mol. The molecular formula is C16H18FN5S. The molecular weight excluding hydrogens is 313 g/mol. The van der Waals surface area contributed by atoms with Crippen LogP contribution in [0.5, 0.6) is 0 Å². The Kier molecular flexibility index (Phi) is 4.97. The number of H-pyrrole nitrogens is 2. The average molecular weight is 331 g/mol. The van der Waals surface area contributed by atoms with Crippen molar-refractivity contribution in [2.75, 3.05) is 0 Å². The van der Waals surface area contributed by atoms with Gasteiger partial charge in [-0.3, -0.25) is 5.10 Å². The zero-order chi connectivity index (χ0) is 16.1. The molecule has 7 heteroatoms. The number of nitrogens with zero attached hydrogens (tertiary/aromatic N) is 3. The van der Waals surface area contributed by atoms with Crippen LogP contribution in [0.25, 0.3) is 0 Å². The van der Waals surface area contributed by atoms with Gasteiger partial charge in [-0.1, -0.05) is 12.1 Å². The lowest BCUT2D eigenvalue weighted by Crippen LogP contribution is -2.07. The molecule has 2 N–H and O–H groups in total. The number of halogens is 1. The van der Waals surface area contributed by atoms with E-state index >= 15 is 0 Å². The zero-order valence-electron chi connectivity index (χ0n) is 12.6. The van der Waals surface area contributed by atoms with Crippen LogP contribution in [-0.2, 0) is 25.8 Å². The van der Waals surface area contributed by atoms with Gasteiger partial charge in [-0.2, -0.15) is 5.10 Å². The van der Waals surface area contributed by atoms with Crippen molar-refractivity contribution in [1.82, 2.24) is 24.7 Å². The van der Waals surface area contributed by atoms with Crippen molar-refractivity contribution in [3.8, 4) is 0 Å². The first-order chi connectivity index (χ1) is 11.2. The van der Waals surface area contributed by atoms with Crippen LogP contribution in [0.3, 0.4) is 0 Å². The van der Waals surface area contributed by atoms with E-state index in [1.54, 1.807) is 18.5 Å². The molecule has 0 aliphatic heterocycles. The van der Waals surface area contributed by atoms with E-state index < -0.39 is 0 Å². The second kappa shape index (κ2) is 7.32. The summed E-state index contributed by atoms with van der Waals surface area (Å²) in [5, 5.41) is 7.18. The van der Waals surface area contributed by atoms with Gasteiger partial charge in [0, 0.05) is 24.9 Å². The van der Waals surface area contributed by atoms with E-state index in [-0.39, 0.29) is 5.82 Å². The van der Waals surface area contributed by atoms with Gasteiger partial charge in [0.2, 0.25) is 0 Å². The third-order valence-electron chi connectivity index (χ3n) is 3.77. The second-order valence-corrected chi connectivity index (χ2v) is 5.79. The van der Waals surface area contributed by atoms with Crippen LogP contribution in [0.1, 0.15) is 23.5 Å². The van der Waals surface area contributed by atoms with Crippen LogP contribution >= 0.6 is 12.2 Å². The zero-order valence-corrected chi connectivity index (χ0v) is 13.4. The molecule has 0 atom stereocenters. The van der Waals surface area contributed by atoms with Gasteiger partial charge in [0.1, 0.15) is 11.6 Å². The Hall–Kier alpha value is -2.28. The summed E-state index contributed by atoms with van der Waals surface area (Å²) < 4.78 is 15.6. The SMILES string of the molecule is Fc1ccc(CCc2n[nH]c(=S)n2CCCc2cnc[nH]2)cc1. The molecule has 0 radical (unpaired) electrons. The Morgan fingerprint density at radius 1 is 1.13 bits per heavy atom. The molecule has 0 saturated heterocycles.